The topological polar surface area (TPSA) is 92.4 Å². The number of hydrogen-bond acceptors (Lipinski definition) is 3. The zero-order valence-corrected chi connectivity index (χ0v) is 8.72. The molecule has 86 valence electrons. The minimum absolute atomic E-state index is 0.277. The van der Waals surface area contributed by atoms with Crippen molar-refractivity contribution in [1.82, 2.24) is 5.32 Å². The van der Waals surface area contributed by atoms with Crippen LogP contribution in [0.3, 0.4) is 0 Å². The number of primary amides is 1. The van der Waals surface area contributed by atoms with Crippen molar-refractivity contribution in [3.05, 3.63) is 35.9 Å². The van der Waals surface area contributed by atoms with Crippen molar-refractivity contribution in [3.63, 3.8) is 0 Å². The van der Waals surface area contributed by atoms with Crippen LogP contribution in [-0.2, 0) is 16.0 Å². The van der Waals surface area contributed by atoms with Gasteiger partial charge in [-0.2, -0.15) is 0 Å². The van der Waals surface area contributed by atoms with E-state index in [0.717, 1.165) is 5.56 Å². The summed E-state index contributed by atoms with van der Waals surface area (Å²) in [6.45, 7) is -0.277. The third-order valence-corrected chi connectivity index (χ3v) is 2.13. The number of carbonyl (C=O) groups is 2. The predicted molar refractivity (Wildman–Crippen MR) is 58.8 cm³/mol. The van der Waals surface area contributed by atoms with Crippen LogP contribution in [0.4, 0.5) is 0 Å². The van der Waals surface area contributed by atoms with Crippen molar-refractivity contribution < 1.29 is 14.7 Å². The Kier molecular flexibility index (Phi) is 4.47. The molecular weight excluding hydrogens is 208 g/mol. The van der Waals surface area contributed by atoms with Gasteiger partial charge in [-0.25, -0.2) is 0 Å². The van der Waals surface area contributed by atoms with Crippen LogP contribution in [0.5, 0.6) is 0 Å². The molecule has 16 heavy (non-hydrogen) atoms. The van der Waals surface area contributed by atoms with E-state index in [0.29, 0.717) is 6.42 Å². The fourth-order valence-corrected chi connectivity index (χ4v) is 1.33. The summed E-state index contributed by atoms with van der Waals surface area (Å²) in [4.78, 5) is 21.4. The third-order valence-electron chi connectivity index (χ3n) is 2.13. The van der Waals surface area contributed by atoms with Crippen LogP contribution in [-0.4, -0.2) is 29.6 Å². The molecule has 0 heterocycles. The molecule has 1 rings (SSSR count). The lowest BCUT2D eigenvalue weighted by Gasteiger charge is -2.13. The average molecular weight is 222 g/mol. The van der Waals surface area contributed by atoms with Gasteiger partial charge in [-0.1, -0.05) is 30.3 Å². The molecule has 1 aromatic rings. The van der Waals surface area contributed by atoms with Gasteiger partial charge in [0.25, 0.3) is 0 Å². The Morgan fingerprint density at radius 1 is 1.31 bits per heavy atom. The molecule has 0 bridgehead atoms. The van der Waals surface area contributed by atoms with Crippen LogP contribution in [0.15, 0.2) is 30.3 Å². The van der Waals surface area contributed by atoms with E-state index in [1.807, 2.05) is 30.3 Å². The summed E-state index contributed by atoms with van der Waals surface area (Å²) in [6, 6.07) is 8.64. The minimum Gasteiger partial charge on any atom is -0.480 e. The van der Waals surface area contributed by atoms with Gasteiger partial charge < -0.3 is 10.8 Å². The van der Waals surface area contributed by atoms with Gasteiger partial charge in [0.15, 0.2) is 0 Å². The Morgan fingerprint density at radius 3 is 2.44 bits per heavy atom. The van der Waals surface area contributed by atoms with Crippen LogP contribution in [0.2, 0.25) is 0 Å². The van der Waals surface area contributed by atoms with Gasteiger partial charge in [-0.3, -0.25) is 14.9 Å². The van der Waals surface area contributed by atoms with Crippen LogP contribution in [0.1, 0.15) is 5.56 Å². The number of aliphatic carboxylic acids is 1. The van der Waals surface area contributed by atoms with E-state index in [1.54, 1.807) is 0 Å². The number of nitrogens with one attached hydrogen (secondary N) is 1. The molecule has 0 radical (unpaired) electrons. The van der Waals surface area contributed by atoms with E-state index < -0.39 is 17.9 Å². The lowest BCUT2D eigenvalue weighted by atomic mass is 10.1. The molecule has 0 saturated carbocycles. The maximum Gasteiger partial charge on any atom is 0.317 e. The first-order valence-electron chi connectivity index (χ1n) is 4.88. The summed E-state index contributed by atoms with van der Waals surface area (Å²) in [6.07, 6.45) is 0.392. The molecular formula is C11H14N2O3. The van der Waals surface area contributed by atoms with Gasteiger partial charge in [0, 0.05) is 0 Å². The van der Waals surface area contributed by atoms with Crippen LogP contribution in [0.25, 0.3) is 0 Å². The monoisotopic (exact) mass is 222 g/mol. The second-order valence-corrected chi connectivity index (χ2v) is 3.42. The van der Waals surface area contributed by atoms with E-state index in [-0.39, 0.29) is 6.54 Å². The molecule has 5 nitrogen and oxygen atoms in total. The van der Waals surface area contributed by atoms with Crippen molar-refractivity contribution >= 4 is 11.9 Å². The highest BCUT2D eigenvalue weighted by Gasteiger charge is 2.16. The molecule has 0 fully saturated rings. The average Bonchev–Trinajstić information content (AvgIpc) is 2.25. The Hall–Kier alpha value is -1.88. The lowest BCUT2D eigenvalue weighted by molar-refractivity contribution is -0.136. The molecule has 0 saturated heterocycles. The second-order valence-electron chi connectivity index (χ2n) is 3.42. The first kappa shape index (κ1) is 12.2. The number of benzene rings is 1. The van der Waals surface area contributed by atoms with Gasteiger partial charge in [-0.05, 0) is 12.0 Å². The van der Waals surface area contributed by atoms with Gasteiger partial charge >= 0.3 is 5.97 Å². The maximum atomic E-state index is 11.1. The van der Waals surface area contributed by atoms with Gasteiger partial charge in [0.1, 0.15) is 0 Å². The third kappa shape index (κ3) is 4.10. The number of amides is 1. The largest absolute Gasteiger partial charge is 0.480 e. The van der Waals surface area contributed by atoms with Crippen molar-refractivity contribution in [2.75, 3.05) is 6.54 Å². The highest BCUT2D eigenvalue weighted by atomic mass is 16.4. The summed E-state index contributed by atoms with van der Waals surface area (Å²) in [5, 5.41) is 11.1. The summed E-state index contributed by atoms with van der Waals surface area (Å²) in [7, 11) is 0. The molecule has 4 N–H and O–H groups in total. The molecule has 0 aromatic heterocycles. The van der Waals surface area contributed by atoms with E-state index in [2.05, 4.69) is 5.32 Å². The van der Waals surface area contributed by atoms with Crippen LogP contribution in [0, 0.1) is 0 Å². The number of carboxylic acids is 1. The van der Waals surface area contributed by atoms with E-state index in [1.165, 1.54) is 0 Å². The number of rotatable bonds is 6. The highest BCUT2D eigenvalue weighted by molar-refractivity contribution is 5.81. The van der Waals surface area contributed by atoms with Crippen molar-refractivity contribution in [3.8, 4) is 0 Å². The fourth-order valence-electron chi connectivity index (χ4n) is 1.33. The molecule has 0 aliphatic heterocycles. The molecule has 1 aromatic carbocycles. The Morgan fingerprint density at radius 2 is 1.94 bits per heavy atom. The van der Waals surface area contributed by atoms with Gasteiger partial charge in [-0.15, -0.1) is 0 Å². The molecule has 0 aliphatic rings. The van der Waals surface area contributed by atoms with Crippen LogP contribution < -0.4 is 11.1 Å². The zero-order valence-electron chi connectivity index (χ0n) is 8.72. The van der Waals surface area contributed by atoms with Gasteiger partial charge in [0.05, 0.1) is 12.6 Å². The fraction of sp³-hybridized carbons (Fsp3) is 0.273. The molecule has 0 spiro atoms. The standard InChI is InChI=1S/C11H14N2O3/c12-11(16)9(13-7-10(14)15)6-8-4-2-1-3-5-8/h1-5,9,13H,6-7H2,(H2,12,16)(H,14,15). The van der Waals surface area contributed by atoms with Crippen LogP contribution >= 0.6 is 0 Å². The highest BCUT2D eigenvalue weighted by Crippen LogP contribution is 2.02. The smallest absolute Gasteiger partial charge is 0.317 e. The molecule has 1 amide bonds. The minimum atomic E-state index is -1.01. The predicted octanol–water partition coefficient (Wildman–Crippen LogP) is -0.243. The summed E-state index contributed by atoms with van der Waals surface area (Å²) < 4.78 is 0. The van der Waals surface area contributed by atoms with Crippen molar-refractivity contribution in [2.45, 2.75) is 12.5 Å². The number of carbonyl (C=O) groups excluding carboxylic acids is 1. The molecule has 0 aliphatic carbocycles. The zero-order chi connectivity index (χ0) is 12.0. The van der Waals surface area contributed by atoms with Crippen molar-refractivity contribution in [2.24, 2.45) is 5.73 Å². The van der Waals surface area contributed by atoms with E-state index >= 15 is 0 Å². The van der Waals surface area contributed by atoms with E-state index in [4.69, 9.17) is 10.8 Å². The SMILES string of the molecule is NC(=O)C(Cc1ccccc1)NCC(=O)O. The summed E-state index contributed by atoms with van der Waals surface area (Å²) in [5.74, 6) is -1.57. The first-order valence-corrected chi connectivity index (χ1v) is 4.88. The number of carboxylic acid groups (broad SMARTS) is 1. The summed E-state index contributed by atoms with van der Waals surface area (Å²) in [5.41, 5.74) is 6.11. The number of nitrogens with two attached hydrogens (primary N) is 1. The Labute approximate surface area is 93.3 Å². The Bertz CT molecular complexity index is 365. The molecule has 1 atom stereocenters. The van der Waals surface area contributed by atoms with Crippen molar-refractivity contribution in [1.29, 1.82) is 0 Å². The molecule has 5 heteroatoms. The number of hydrogen-bond donors (Lipinski definition) is 3. The normalized spacial score (nSPS) is 12.0. The maximum absolute atomic E-state index is 11.1. The van der Waals surface area contributed by atoms with E-state index in [9.17, 15) is 9.59 Å². The summed E-state index contributed by atoms with van der Waals surface area (Å²) >= 11 is 0. The van der Waals surface area contributed by atoms with Gasteiger partial charge in [0.2, 0.25) is 5.91 Å². The quantitative estimate of drug-likeness (QED) is 0.619. The molecule has 1 unspecified atom stereocenters. The Balaban J connectivity index is 2.58. The lowest BCUT2D eigenvalue weighted by Crippen LogP contribution is -2.44. The first-order chi connectivity index (χ1) is 7.59. The second kappa shape index (κ2) is 5.87.